The van der Waals surface area contributed by atoms with Crippen molar-refractivity contribution in [3.8, 4) is 5.75 Å². The number of para-hydroxylation sites is 2. The molecule has 5 heteroatoms. The van der Waals surface area contributed by atoms with Gasteiger partial charge in [-0.2, -0.15) is 0 Å². The summed E-state index contributed by atoms with van der Waals surface area (Å²) in [6, 6.07) is 16.8. The Morgan fingerprint density at radius 3 is 2.85 bits per heavy atom. The predicted octanol–water partition coefficient (Wildman–Crippen LogP) is 7.38. The summed E-state index contributed by atoms with van der Waals surface area (Å²) in [4.78, 5) is 18.8. The van der Waals surface area contributed by atoms with Crippen molar-refractivity contribution in [3.63, 3.8) is 0 Å². The third kappa shape index (κ3) is 5.26. The first-order valence-corrected chi connectivity index (χ1v) is 14.8. The molecule has 0 saturated carbocycles. The lowest BCUT2D eigenvalue weighted by Gasteiger charge is -2.54. The normalized spacial score (nSPS) is 27.7. The Labute approximate surface area is 232 Å². The number of H-pyrrole nitrogens is 1. The van der Waals surface area contributed by atoms with Gasteiger partial charge in [-0.05, 0) is 77.0 Å². The van der Waals surface area contributed by atoms with Crippen LogP contribution in [0.15, 0.2) is 66.4 Å². The summed E-state index contributed by atoms with van der Waals surface area (Å²) in [7, 11) is 0. The van der Waals surface area contributed by atoms with Gasteiger partial charge in [0.2, 0.25) is 5.91 Å². The fourth-order valence-corrected chi connectivity index (χ4v) is 7.18. The van der Waals surface area contributed by atoms with Crippen LogP contribution >= 0.6 is 0 Å². The summed E-state index contributed by atoms with van der Waals surface area (Å²) in [6.45, 7) is 8.18. The maximum absolute atomic E-state index is 13.3. The Morgan fingerprint density at radius 1 is 1.15 bits per heavy atom. The number of aromatic amines is 1. The molecule has 2 saturated heterocycles. The lowest BCUT2D eigenvalue weighted by atomic mass is 9.68. The summed E-state index contributed by atoms with van der Waals surface area (Å²) >= 11 is 0. The molecule has 39 heavy (non-hydrogen) atoms. The van der Waals surface area contributed by atoms with Gasteiger partial charge < -0.3 is 19.4 Å². The van der Waals surface area contributed by atoms with Gasteiger partial charge in [0.15, 0.2) is 0 Å². The number of rotatable bonds is 7. The standard InChI is InChI=1S/C34H42N2O3/c1-23(2)10-9-18-34(3)28-20-25-22-36(19-17-30(25)38-33(28)27-13-5-7-15-31(27)39-34)32(37)16-8-11-24-21-35-29-14-6-4-12-26(24)29/h4-7,10,12-15,21,25,28,30,33,35H,8-9,11,16-20,22H2,1-3H3/t25-,28-,30-,33+,34+/m0/s1. The number of ether oxygens (including phenoxy) is 2. The quantitative estimate of drug-likeness (QED) is 0.327. The third-order valence-corrected chi connectivity index (χ3v) is 9.32. The Bertz CT molecular complexity index is 1360. The van der Waals surface area contributed by atoms with Crippen LogP contribution in [0.1, 0.15) is 76.5 Å². The highest BCUT2D eigenvalue weighted by Crippen LogP contribution is 2.54. The molecule has 206 valence electrons. The average Bonchev–Trinajstić information content (AvgIpc) is 3.35. The molecule has 3 aliphatic rings. The molecule has 0 spiro atoms. The molecule has 6 rings (SSSR count). The molecule has 1 amide bonds. The SMILES string of the molecule is CC(C)=CCC[C@@]1(C)Oc2ccccc2[C@H]2O[C@H]3CCN(C(=O)CCCc4c[nH]c5ccccc45)C[C@@H]3C[C@@H]21. The second kappa shape index (κ2) is 10.8. The van der Waals surface area contributed by atoms with Crippen molar-refractivity contribution in [3.05, 3.63) is 77.5 Å². The monoisotopic (exact) mass is 526 g/mol. The highest BCUT2D eigenvalue weighted by atomic mass is 16.5. The number of aryl methyl sites for hydroxylation is 1. The van der Waals surface area contributed by atoms with E-state index in [9.17, 15) is 4.79 Å². The van der Waals surface area contributed by atoms with Crippen LogP contribution in [0.4, 0.5) is 0 Å². The van der Waals surface area contributed by atoms with Gasteiger partial charge in [-0.15, -0.1) is 0 Å². The van der Waals surface area contributed by atoms with Crippen molar-refractivity contribution < 1.29 is 14.3 Å². The fourth-order valence-electron chi connectivity index (χ4n) is 7.18. The lowest BCUT2D eigenvalue weighted by Crippen LogP contribution is -2.56. The summed E-state index contributed by atoms with van der Waals surface area (Å²) in [6.07, 6.45) is 11.0. The minimum absolute atomic E-state index is 0.0614. The van der Waals surface area contributed by atoms with Crippen LogP contribution in [-0.4, -0.2) is 40.6 Å². The maximum Gasteiger partial charge on any atom is 0.222 e. The van der Waals surface area contributed by atoms with Gasteiger partial charge in [0, 0.05) is 54.0 Å². The number of allylic oxidation sites excluding steroid dienone is 2. The molecule has 0 aliphatic carbocycles. The van der Waals surface area contributed by atoms with Gasteiger partial charge in [0.05, 0.1) is 12.2 Å². The van der Waals surface area contributed by atoms with Crippen LogP contribution in [0.5, 0.6) is 5.75 Å². The highest BCUT2D eigenvalue weighted by molar-refractivity contribution is 5.83. The minimum atomic E-state index is -0.290. The number of carbonyl (C=O) groups is 1. The zero-order valence-corrected chi connectivity index (χ0v) is 23.6. The van der Waals surface area contributed by atoms with Crippen molar-refractivity contribution in [2.45, 2.75) is 83.5 Å². The van der Waals surface area contributed by atoms with E-state index in [2.05, 4.69) is 91.5 Å². The lowest BCUT2D eigenvalue weighted by molar-refractivity contribution is -0.193. The summed E-state index contributed by atoms with van der Waals surface area (Å²) < 4.78 is 13.7. The highest BCUT2D eigenvalue weighted by Gasteiger charge is 2.53. The number of carbonyl (C=O) groups excluding carboxylic acids is 1. The summed E-state index contributed by atoms with van der Waals surface area (Å²) in [5.74, 6) is 1.89. The van der Waals surface area contributed by atoms with Crippen LogP contribution in [0, 0.1) is 11.8 Å². The number of nitrogens with zero attached hydrogens (tertiary/aromatic N) is 1. The van der Waals surface area contributed by atoms with Crippen LogP contribution in [0.2, 0.25) is 0 Å². The average molecular weight is 527 g/mol. The first-order valence-electron chi connectivity index (χ1n) is 14.8. The van der Waals surface area contributed by atoms with Gasteiger partial charge in [-0.25, -0.2) is 0 Å². The van der Waals surface area contributed by atoms with Gasteiger partial charge >= 0.3 is 0 Å². The van der Waals surface area contributed by atoms with Crippen LogP contribution in [0.25, 0.3) is 10.9 Å². The molecule has 5 nitrogen and oxygen atoms in total. The number of aromatic nitrogens is 1. The second-order valence-electron chi connectivity index (χ2n) is 12.3. The predicted molar refractivity (Wildman–Crippen MR) is 156 cm³/mol. The van der Waals surface area contributed by atoms with Gasteiger partial charge in [-0.3, -0.25) is 4.79 Å². The molecule has 1 aromatic heterocycles. The second-order valence-corrected chi connectivity index (χ2v) is 12.3. The first kappa shape index (κ1) is 26.2. The number of hydrogen-bond acceptors (Lipinski definition) is 3. The fraction of sp³-hybridized carbons (Fsp3) is 0.500. The van der Waals surface area contributed by atoms with E-state index in [0.717, 1.165) is 57.4 Å². The van der Waals surface area contributed by atoms with E-state index in [-0.39, 0.29) is 29.6 Å². The smallest absolute Gasteiger partial charge is 0.222 e. The van der Waals surface area contributed by atoms with E-state index in [1.54, 1.807) is 0 Å². The maximum atomic E-state index is 13.3. The summed E-state index contributed by atoms with van der Waals surface area (Å²) in [5, 5.41) is 1.27. The Hall–Kier alpha value is -3.05. The minimum Gasteiger partial charge on any atom is -0.487 e. The first-order chi connectivity index (χ1) is 18.9. The molecular weight excluding hydrogens is 484 g/mol. The molecule has 4 heterocycles. The number of likely N-dealkylation sites (tertiary alicyclic amines) is 1. The van der Waals surface area contributed by atoms with Crippen LogP contribution in [0.3, 0.4) is 0 Å². The molecule has 3 aliphatic heterocycles. The number of hydrogen-bond donors (Lipinski definition) is 1. The van der Waals surface area contributed by atoms with Crippen molar-refractivity contribution in [2.75, 3.05) is 13.1 Å². The van der Waals surface area contributed by atoms with Gasteiger partial charge in [0.25, 0.3) is 0 Å². The van der Waals surface area contributed by atoms with Crippen LogP contribution < -0.4 is 4.74 Å². The van der Waals surface area contributed by atoms with Gasteiger partial charge in [0.1, 0.15) is 11.4 Å². The number of fused-ring (bicyclic) bond motifs is 5. The molecular formula is C34H42N2O3. The van der Waals surface area contributed by atoms with E-state index >= 15 is 0 Å². The van der Waals surface area contributed by atoms with Gasteiger partial charge in [-0.1, -0.05) is 48.0 Å². The zero-order valence-electron chi connectivity index (χ0n) is 23.6. The van der Waals surface area contributed by atoms with Crippen molar-refractivity contribution in [1.82, 2.24) is 9.88 Å². The largest absolute Gasteiger partial charge is 0.487 e. The molecule has 0 radical (unpaired) electrons. The Balaban J connectivity index is 1.12. The number of amides is 1. The molecule has 2 aromatic carbocycles. The zero-order chi connectivity index (χ0) is 27.0. The van der Waals surface area contributed by atoms with Crippen molar-refractivity contribution in [2.24, 2.45) is 11.8 Å². The molecule has 0 bridgehead atoms. The third-order valence-electron chi connectivity index (χ3n) is 9.32. The van der Waals surface area contributed by atoms with E-state index in [4.69, 9.17) is 9.47 Å². The number of nitrogens with one attached hydrogen (secondary N) is 1. The van der Waals surface area contributed by atoms with Crippen molar-refractivity contribution in [1.29, 1.82) is 0 Å². The Kier molecular flexibility index (Phi) is 7.28. The van der Waals surface area contributed by atoms with E-state index in [0.29, 0.717) is 12.3 Å². The number of benzene rings is 2. The van der Waals surface area contributed by atoms with Crippen LogP contribution in [-0.2, 0) is 16.0 Å². The summed E-state index contributed by atoms with van der Waals surface area (Å²) in [5.41, 5.74) is 4.71. The topological polar surface area (TPSA) is 54.6 Å². The van der Waals surface area contributed by atoms with E-state index in [1.807, 2.05) is 0 Å². The molecule has 2 fully saturated rings. The molecule has 3 aromatic rings. The molecule has 1 N–H and O–H groups in total. The Morgan fingerprint density at radius 2 is 1.97 bits per heavy atom. The van der Waals surface area contributed by atoms with E-state index < -0.39 is 0 Å². The molecule has 0 unspecified atom stereocenters. The molecule has 5 atom stereocenters. The van der Waals surface area contributed by atoms with E-state index in [1.165, 1.54) is 27.6 Å². The van der Waals surface area contributed by atoms with Crippen molar-refractivity contribution >= 4 is 16.8 Å². The number of piperidine rings is 1.